The van der Waals surface area contributed by atoms with Crippen molar-refractivity contribution in [1.29, 1.82) is 0 Å². The van der Waals surface area contributed by atoms with Crippen LogP contribution >= 0.6 is 11.8 Å². The third kappa shape index (κ3) is 5.95. The average molecular weight is 599 g/mol. The normalized spacial score (nSPS) is 29.2. The summed E-state index contributed by atoms with van der Waals surface area (Å²) in [7, 11) is 1.67. The summed E-state index contributed by atoms with van der Waals surface area (Å²) >= 11 is 1.47. The lowest BCUT2D eigenvalue weighted by molar-refractivity contribution is -0.158. The molecule has 1 aromatic rings. The number of hydrogen-bond acceptors (Lipinski definition) is 8. The number of amides is 3. The predicted octanol–water partition coefficient (Wildman–Crippen LogP) is 0.510. The zero-order chi connectivity index (χ0) is 30.2. The molecule has 3 fully saturated rings. The van der Waals surface area contributed by atoms with Crippen molar-refractivity contribution < 1.29 is 24.3 Å². The summed E-state index contributed by atoms with van der Waals surface area (Å²) in [5.41, 5.74) is 7.63. The van der Waals surface area contributed by atoms with E-state index in [1.807, 2.05) is 30.0 Å². The number of hydrogen-bond donors (Lipinski definition) is 5. The highest BCUT2D eigenvalue weighted by Gasteiger charge is 2.60. The van der Waals surface area contributed by atoms with E-state index >= 15 is 0 Å². The molecule has 228 valence electrons. The van der Waals surface area contributed by atoms with E-state index in [0.717, 1.165) is 19.3 Å². The van der Waals surface area contributed by atoms with Gasteiger partial charge in [0, 0.05) is 47.3 Å². The number of benzene rings is 1. The Hall–Kier alpha value is -2.93. The van der Waals surface area contributed by atoms with Gasteiger partial charge in [0.05, 0.1) is 24.5 Å². The second-order valence-electron chi connectivity index (χ2n) is 12.2. The number of rotatable bonds is 10. The van der Waals surface area contributed by atoms with Gasteiger partial charge in [0.25, 0.3) is 0 Å². The van der Waals surface area contributed by atoms with Crippen molar-refractivity contribution in [2.75, 3.05) is 33.2 Å². The molecule has 4 aliphatic heterocycles. The van der Waals surface area contributed by atoms with Crippen LogP contribution in [0.5, 0.6) is 0 Å². The molecule has 3 amide bonds. The first-order chi connectivity index (χ1) is 20.0. The summed E-state index contributed by atoms with van der Waals surface area (Å²) in [5.74, 6) is -2.22. The molecule has 0 aliphatic carbocycles. The summed E-state index contributed by atoms with van der Waals surface area (Å²) in [6, 6.07) is 9.14. The molecule has 42 heavy (non-hydrogen) atoms. The van der Waals surface area contributed by atoms with E-state index in [2.05, 4.69) is 28.1 Å². The third-order valence-corrected chi connectivity index (χ3v) is 10.7. The van der Waals surface area contributed by atoms with Gasteiger partial charge >= 0.3 is 5.97 Å². The van der Waals surface area contributed by atoms with Crippen molar-refractivity contribution >= 4 is 35.5 Å². The van der Waals surface area contributed by atoms with Gasteiger partial charge in [-0.05, 0) is 45.2 Å². The Labute approximate surface area is 251 Å². The molecule has 0 radical (unpaired) electrons. The highest BCUT2D eigenvalue weighted by atomic mass is 32.2. The van der Waals surface area contributed by atoms with Gasteiger partial charge in [-0.2, -0.15) is 0 Å². The maximum absolute atomic E-state index is 13.4. The fourth-order valence-corrected chi connectivity index (χ4v) is 8.46. The molecular formula is C30H42N6O5S. The van der Waals surface area contributed by atoms with Crippen molar-refractivity contribution in [1.82, 2.24) is 25.8 Å². The maximum Gasteiger partial charge on any atom is 0.353 e. The standard InChI is InChI=1S/C30H42N6O5S/c1-17-24-23(18(2)34-22(37)16-32-3)28(39)36(24)25(29(40)41)26(17)42-20-13-21(33-15-20)27(38)35-11-9-30(31,10-12-35)14-19-7-5-4-6-8-19/h4-8,17-18,20-21,23-24,32-33H,9-16,31H2,1-3H3,(H,34,37)(H,40,41)/t17-,18-,20+,21?,23-,24+/m1/s1. The van der Waals surface area contributed by atoms with Crippen LogP contribution in [0.4, 0.5) is 0 Å². The van der Waals surface area contributed by atoms with E-state index in [1.165, 1.54) is 22.2 Å². The minimum atomic E-state index is -1.13. The second kappa shape index (κ2) is 12.4. The predicted molar refractivity (Wildman–Crippen MR) is 160 cm³/mol. The molecule has 4 aliphatic rings. The van der Waals surface area contributed by atoms with Crippen LogP contribution in [0.1, 0.15) is 38.7 Å². The fourth-order valence-electron chi connectivity index (χ4n) is 6.98. The SMILES string of the molecule is CNCC(=O)N[C@H](C)[C@H]1C(=O)N2C(C(=O)O)=C(S[C@@H]3CNC(C(=O)N4CCC(N)(Cc5ccccc5)CC4)C3)[C@H](C)[C@@H]12. The van der Waals surface area contributed by atoms with Crippen LogP contribution in [0.3, 0.4) is 0 Å². The van der Waals surface area contributed by atoms with Crippen molar-refractivity contribution in [2.24, 2.45) is 17.6 Å². The van der Waals surface area contributed by atoms with Gasteiger partial charge in [0.2, 0.25) is 17.7 Å². The van der Waals surface area contributed by atoms with Crippen LogP contribution in [0.15, 0.2) is 40.9 Å². The molecular weight excluding hydrogens is 556 g/mol. The van der Waals surface area contributed by atoms with Gasteiger partial charge < -0.3 is 36.6 Å². The molecule has 0 spiro atoms. The number of carbonyl (C=O) groups excluding carboxylic acids is 3. The molecule has 11 nitrogen and oxygen atoms in total. The number of nitrogens with zero attached hydrogens (tertiary/aromatic N) is 2. The molecule has 0 aromatic heterocycles. The first-order valence-electron chi connectivity index (χ1n) is 14.8. The Kier molecular flexibility index (Phi) is 8.98. The smallest absolute Gasteiger partial charge is 0.353 e. The van der Waals surface area contributed by atoms with Crippen LogP contribution in [0, 0.1) is 11.8 Å². The second-order valence-corrected chi connectivity index (χ2v) is 13.5. The van der Waals surface area contributed by atoms with Crippen LogP contribution in [0.2, 0.25) is 0 Å². The topological polar surface area (TPSA) is 157 Å². The Morgan fingerprint density at radius 2 is 1.90 bits per heavy atom. The molecule has 6 atom stereocenters. The number of likely N-dealkylation sites (tertiary alicyclic amines) is 1. The summed E-state index contributed by atoms with van der Waals surface area (Å²) in [4.78, 5) is 54.9. The summed E-state index contributed by atoms with van der Waals surface area (Å²) < 4.78 is 0. The molecule has 4 heterocycles. The third-order valence-electron chi connectivity index (χ3n) is 9.21. The fraction of sp³-hybridized carbons (Fsp3) is 0.600. The highest BCUT2D eigenvalue weighted by molar-refractivity contribution is 8.03. The van der Waals surface area contributed by atoms with Gasteiger partial charge in [0.1, 0.15) is 5.70 Å². The monoisotopic (exact) mass is 598 g/mol. The molecule has 0 saturated carbocycles. The Balaban J connectivity index is 1.18. The lowest BCUT2D eigenvalue weighted by Gasteiger charge is -2.47. The van der Waals surface area contributed by atoms with E-state index in [1.54, 1.807) is 14.0 Å². The summed E-state index contributed by atoms with van der Waals surface area (Å²) in [6.07, 6.45) is 2.85. The summed E-state index contributed by atoms with van der Waals surface area (Å²) in [6.45, 7) is 5.69. The van der Waals surface area contributed by atoms with E-state index in [-0.39, 0.29) is 58.8 Å². The molecule has 1 unspecified atom stereocenters. The zero-order valence-corrected chi connectivity index (χ0v) is 25.3. The number of carboxylic acids is 1. The molecule has 3 saturated heterocycles. The number of aliphatic carboxylic acids is 1. The first kappa shape index (κ1) is 30.5. The number of nitrogens with two attached hydrogens (primary N) is 1. The Bertz CT molecular complexity index is 1250. The number of carboxylic acid groups (broad SMARTS) is 1. The first-order valence-corrected chi connectivity index (χ1v) is 15.7. The van der Waals surface area contributed by atoms with Gasteiger partial charge in [-0.25, -0.2) is 4.79 Å². The van der Waals surface area contributed by atoms with Crippen molar-refractivity contribution in [2.45, 2.75) is 68.4 Å². The number of likely N-dealkylation sites (N-methyl/N-ethyl adjacent to an activating group) is 1. The Morgan fingerprint density at radius 1 is 1.21 bits per heavy atom. The molecule has 5 rings (SSSR count). The average Bonchev–Trinajstić information content (AvgIpc) is 3.50. The van der Waals surface area contributed by atoms with E-state index < -0.39 is 17.9 Å². The number of carbonyl (C=O) groups is 4. The number of thioether (sulfide) groups is 1. The van der Waals surface area contributed by atoms with Gasteiger partial charge in [-0.3, -0.25) is 14.4 Å². The molecule has 0 bridgehead atoms. The molecule has 1 aromatic carbocycles. The maximum atomic E-state index is 13.4. The largest absolute Gasteiger partial charge is 0.477 e. The zero-order valence-electron chi connectivity index (χ0n) is 24.5. The summed E-state index contributed by atoms with van der Waals surface area (Å²) in [5, 5.41) is 19.1. The van der Waals surface area contributed by atoms with E-state index in [9.17, 15) is 24.3 Å². The quantitative estimate of drug-likeness (QED) is 0.242. The lowest BCUT2D eigenvalue weighted by Crippen LogP contribution is -2.66. The number of fused-ring (bicyclic) bond motifs is 1. The van der Waals surface area contributed by atoms with Crippen LogP contribution in [-0.4, -0.2) is 101 Å². The van der Waals surface area contributed by atoms with Crippen LogP contribution in [-0.2, 0) is 25.6 Å². The van der Waals surface area contributed by atoms with Crippen molar-refractivity contribution in [3.05, 3.63) is 46.5 Å². The van der Waals surface area contributed by atoms with Crippen molar-refractivity contribution in [3.63, 3.8) is 0 Å². The highest BCUT2D eigenvalue weighted by Crippen LogP contribution is 2.51. The number of nitrogens with one attached hydrogen (secondary N) is 3. The van der Waals surface area contributed by atoms with Gasteiger partial charge in [0.15, 0.2) is 0 Å². The van der Waals surface area contributed by atoms with Gasteiger partial charge in [-0.1, -0.05) is 37.3 Å². The Morgan fingerprint density at radius 3 is 2.55 bits per heavy atom. The molecule has 6 N–H and O–H groups in total. The van der Waals surface area contributed by atoms with Gasteiger partial charge in [-0.15, -0.1) is 11.8 Å². The van der Waals surface area contributed by atoms with Crippen molar-refractivity contribution in [3.8, 4) is 0 Å². The lowest BCUT2D eigenvalue weighted by atomic mass is 9.78. The number of β-lactam (4-membered cyclic amide) rings is 1. The van der Waals surface area contributed by atoms with E-state index in [0.29, 0.717) is 31.0 Å². The minimum absolute atomic E-state index is 0.00206. The van der Waals surface area contributed by atoms with Crippen LogP contribution in [0.25, 0.3) is 0 Å². The van der Waals surface area contributed by atoms with Crippen LogP contribution < -0.4 is 21.7 Å². The number of piperidine rings is 1. The van der Waals surface area contributed by atoms with E-state index in [4.69, 9.17) is 5.73 Å². The minimum Gasteiger partial charge on any atom is -0.477 e. The molecule has 12 heteroatoms.